The summed E-state index contributed by atoms with van der Waals surface area (Å²) >= 11 is 5.45. The van der Waals surface area contributed by atoms with E-state index in [1.165, 1.54) is 18.2 Å². The van der Waals surface area contributed by atoms with Crippen LogP contribution >= 0.6 is 11.6 Å². The van der Waals surface area contributed by atoms with Gasteiger partial charge in [-0.25, -0.2) is 18.4 Å². The van der Waals surface area contributed by atoms with Crippen LogP contribution in [0.3, 0.4) is 0 Å². The van der Waals surface area contributed by atoms with Crippen LogP contribution in [0.2, 0.25) is 0 Å². The second kappa shape index (κ2) is 6.10. The number of hydrogen-bond donors (Lipinski definition) is 1. The standard InChI is InChI=1S/C14H14ClN3O3S/c15-9-21-11-3-5-12(6-4-11)22(19,20)18-13-7-8-16-14(17-13)10-1-2-10/h3-8,10H,1-2,9H2,(H,16,17,18). The van der Waals surface area contributed by atoms with Crippen LogP contribution in [0.25, 0.3) is 0 Å². The molecule has 0 bridgehead atoms. The topological polar surface area (TPSA) is 81.2 Å². The van der Waals surface area contributed by atoms with E-state index in [-0.39, 0.29) is 16.8 Å². The van der Waals surface area contributed by atoms with Gasteiger partial charge in [0.25, 0.3) is 10.0 Å². The van der Waals surface area contributed by atoms with E-state index in [2.05, 4.69) is 14.7 Å². The molecule has 0 radical (unpaired) electrons. The number of nitrogens with one attached hydrogen (secondary N) is 1. The zero-order chi connectivity index (χ0) is 15.6. The molecule has 0 spiro atoms. The molecule has 0 atom stereocenters. The zero-order valence-corrected chi connectivity index (χ0v) is 13.1. The molecule has 1 aromatic carbocycles. The second-order valence-corrected chi connectivity index (χ2v) is 6.81. The highest BCUT2D eigenvalue weighted by Crippen LogP contribution is 2.38. The first kappa shape index (κ1) is 15.1. The molecule has 3 rings (SSSR count). The number of halogens is 1. The Bertz CT molecular complexity index is 761. The normalized spacial score (nSPS) is 14.6. The highest BCUT2D eigenvalue weighted by Gasteiger charge is 2.27. The van der Waals surface area contributed by atoms with Crippen LogP contribution in [0.5, 0.6) is 5.75 Å². The SMILES string of the molecule is O=S(=O)(Nc1ccnc(C2CC2)n1)c1ccc(OCCl)cc1. The summed E-state index contributed by atoms with van der Waals surface area (Å²) in [5, 5.41) is 0. The molecular formula is C14H14ClN3O3S. The average molecular weight is 340 g/mol. The van der Waals surface area contributed by atoms with Crippen molar-refractivity contribution in [3.8, 4) is 5.75 Å². The van der Waals surface area contributed by atoms with Crippen LogP contribution in [0.4, 0.5) is 5.82 Å². The molecule has 1 fully saturated rings. The molecule has 8 heteroatoms. The summed E-state index contributed by atoms with van der Waals surface area (Å²) in [5.41, 5.74) is 0. The average Bonchev–Trinajstić information content (AvgIpc) is 3.33. The molecule has 1 aromatic heterocycles. The van der Waals surface area contributed by atoms with Gasteiger partial charge in [0.2, 0.25) is 0 Å². The van der Waals surface area contributed by atoms with Crippen LogP contribution in [-0.2, 0) is 10.0 Å². The fourth-order valence-electron chi connectivity index (χ4n) is 1.94. The molecule has 0 aliphatic heterocycles. The van der Waals surface area contributed by atoms with Gasteiger partial charge in [0.15, 0.2) is 6.07 Å². The third-order valence-corrected chi connectivity index (χ3v) is 4.69. The zero-order valence-electron chi connectivity index (χ0n) is 11.6. The van der Waals surface area contributed by atoms with Crippen LogP contribution in [0.1, 0.15) is 24.6 Å². The van der Waals surface area contributed by atoms with Gasteiger partial charge in [0, 0.05) is 12.1 Å². The Morgan fingerprint density at radius 3 is 2.59 bits per heavy atom. The van der Waals surface area contributed by atoms with Gasteiger partial charge in [-0.1, -0.05) is 11.6 Å². The quantitative estimate of drug-likeness (QED) is 0.818. The van der Waals surface area contributed by atoms with E-state index in [0.717, 1.165) is 12.8 Å². The molecule has 1 aliphatic carbocycles. The van der Waals surface area contributed by atoms with E-state index in [0.29, 0.717) is 17.5 Å². The molecule has 0 saturated heterocycles. The van der Waals surface area contributed by atoms with E-state index in [9.17, 15) is 8.42 Å². The molecule has 0 unspecified atom stereocenters. The van der Waals surface area contributed by atoms with Crippen molar-refractivity contribution in [2.45, 2.75) is 23.7 Å². The van der Waals surface area contributed by atoms with Crippen LogP contribution in [0, 0.1) is 0 Å². The first-order valence-electron chi connectivity index (χ1n) is 6.73. The minimum absolute atomic E-state index is 0.00915. The van der Waals surface area contributed by atoms with Gasteiger partial charge in [0.05, 0.1) is 4.90 Å². The summed E-state index contributed by atoms with van der Waals surface area (Å²) in [6.45, 7) is 0. The minimum Gasteiger partial charge on any atom is -0.478 e. The summed E-state index contributed by atoms with van der Waals surface area (Å²) < 4.78 is 32.2. The van der Waals surface area contributed by atoms with Crippen molar-refractivity contribution in [1.29, 1.82) is 0 Å². The van der Waals surface area contributed by atoms with Crippen molar-refractivity contribution in [1.82, 2.24) is 9.97 Å². The first-order valence-corrected chi connectivity index (χ1v) is 8.75. The number of hydrogen-bond acceptors (Lipinski definition) is 5. The first-order chi connectivity index (χ1) is 10.6. The maximum atomic E-state index is 12.3. The molecule has 1 saturated carbocycles. The molecule has 0 amide bonds. The Kier molecular flexibility index (Phi) is 4.17. The van der Waals surface area contributed by atoms with E-state index in [1.807, 2.05) is 0 Å². The van der Waals surface area contributed by atoms with Gasteiger partial charge in [-0.15, -0.1) is 0 Å². The van der Waals surface area contributed by atoms with Crippen LogP contribution < -0.4 is 9.46 Å². The third kappa shape index (κ3) is 3.48. The predicted octanol–water partition coefficient (Wildman–Crippen LogP) is 2.73. The van der Waals surface area contributed by atoms with Gasteiger partial charge in [-0.2, -0.15) is 0 Å². The van der Waals surface area contributed by atoms with E-state index >= 15 is 0 Å². The molecule has 1 aliphatic rings. The van der Waals surface area contributed by atoms with Gasteiger partial charge in [-0.05, 0) is 43.2 Å². The lowest BCUT2D eigenvalue weighted by atomic mass is 10.3. The van der Waals surface area contributed by atoms with Crippen molar-refractivity contribution in [3.63, 3.8) is 0 Å². The van der Waals surface area contributed by atoms with Crippen molar-refractivity contribution in [2.24, 2.45) is 0 Å². The fourth-order valence-corrected chi connectivity index (χ4v) is 3.07. The van der Waals surface area contributed by atoms with E-state index in [4.69, 9.17) is 16.3 Å². The van der Waals surface area contributed by atoms with Gasteiger partial charge in [-0.3, -0.25) is 4.72 Å². The number of nitrogens with zero attached hydrogens (tertiary/aromatic N) is 2. The highest BCUT2D eigenvalue weighted by molar-refractivity contribution is 7.92. The maximum Gasteiger partial charge on any atom is 0.263 e. The number of alkyl halides is 1. The third-order valence-electron chi connectivity index (χ3n) is 3.21. The highest BCUT2D eigenvalue weighted by atomic mass is 35.5. The van der Waals surface area contributed by atoms with Crippen molar-refractivity contribution in [3.05, 3.63) is 42.4 Å². The molecule has 22 heavy (non-hydrogen) atoms. The summed E-state index contributed by atoms with van der Waals surface area (Å²) in [4.78, 5) is 8.54. The summed E-state index contributed by atoms with van der Waals surface area (Å²) in [6.07, 6.45) is 3.67. The number of anilines is 1. The molecule has 116 valence electrons. The molecule has 6 nitrogen and oxygen atoms in total. The summed E-state index contributed by atoms with van der Waals surface area (Å²) in [5.74, 6) is 1.83. The Morgan fingerprint density at radius 1 is 1.23 bits per heavy atom. The van der Waals surface area contributed by atoms with Crippen molar-refractivity contribution >= 4 is 27.4 Å². The monoisotopic (exact) mass is 339 g/mol. The molecule has 1 N–H and O–H groups in total. The second-order valence-electron chi connectivity index (χ2n) is 4.90. The Morgan fingerprint density at radius 2 is 1.95 bits per heavy atom. The van der Waals surface area contributed by atoms with Gasteiger partial charge in [0.1, 0.15) is 17.4 Å². The predicted molar refractivity (Wildman–Crippen MR) is 82.6 cm³/mol. The number of rotatable bonds is 6. The molecule has 2 aromatic rings. The maximum absolute atomic E-state index is 12.3. The Balaban J connectivity index is 1.79. The lowest BCUT2D eigenvalue weighted by Gasteiger charge is -2.09. The number of sulfonamides is 1. The van der Waals surface area contributed by atoms with Crippen molar-refractivity contribution < 1.29 is 13.2 Å². The molecular weight excluding hydrogens is 326 g/mol. The van der Waals surface area contributed by atoms with Gasteiger partial charge < -0.3 is 4.74 Å². The van der Waals surface area contributed by atoms with Crippen molar-refractivity contribution in [2.75, 3.05) is 10.8 Å². The van der Waals surface area contributed by atoms with Crippen LogP contribution in [-0.4, -0.2) is 24.5 Å². The fraction of sp³-hybridized carbons (Fsp3) is 0.286. The minimum atomic E-state index is -3.70. The smallest absolute Gasteiger partial charge is 0.263 e. The number of aromatic nitrogens is 2. The summed E-state index contributed by atoms with van der Waals surface area (Å²) in [7, 11) is -3.70. The van der Waals surface area contributed by atoms with E-state index in [1.54, 1.807) is 18.3 Å². The van der Waals surface area contributed by atoms with Gasteiger partial charge >= 0.3 is 0 Å². The Hall–Kier alpha value is -1.86. The number of benzene rings is 1. The summed E-state index contributed by atoms with van der Waals surface area (Å²) in [6, 6.07) is 7.54. The Labute approximate surface area is 133 Å². The largest absolute Gasteiger partial charge is 0.478 e. The lowest BCUT2D eigenvalue weighted by molar-refractivity contribution is 0.387. The lowest BCUT2D eigenvalue weighted by Crippen LogP contribution is -2.14. The number of ether oxygens (including phenoxy) is 1. The van der Waals surface area contributed by atoms with Crippen LogP contribution in [0.15, 0.2) is 41.4 Å². The van der Waals surface area contributed by atoms with E-state index < -0.39 is 10.0 Å². The molecule has 1 heterocycles.